The summed E-state index contributed by atoms with van der Waals surface area (Å²) in [5.74, 6) is 0. The van der Waals surface area contributed by atoms with E-state index in [0.29, 0.717) is 9.75 Å². The highest BCUT2D eigenvalue weighted by Gasteiger charge is 2.18. The van der Waals surface area contributed by atoms with Crippen molar-refractivity contribution >= 4 is 17.7 Å². The zero-order chi connectivity index (χ0) is 13.9. The van der Waals surface area contributed by atoms with Crippen LogP contribution in [0.5, 0.6) is 0 Å². The molecular formula is C12H17ClN2O3. The number of alkyl carbamates (subject to hydrolysis) is 1. The number of pyridine rings is 1. The molecule has 0 unspecified atom stereocenters. The third-order valence-electron chi connectivity index (χ3n) is 2.02. The van der Waals surface area contributed by atoms with E-state index in [4.69, 9.17) is 16.3 Å². The quantitative estimate of drug-likeness (QED) is 0.664. The van der Waals surface area contributed by atoms with E-state index in [1.54, 1.807) is 33.8 Å². The molecule has 0 fully saturated rings. The molecule has 0 saturated carbocycles. The standard InChI is InChI=1S/C12H17ClN2O3/c1-8-5-9(13)10(15(17)7-8)6-14-11(16)18-12(2,3)4/h5,7H,6H2,1-4H3,(H,14,16). The minimum atomic E-state index is -0.584. The van der Waals surface area contributed by atoms with Crippen LogP contribution >= 0.6 is 11.6 Å². The second-order valence-corrected chi connectivity index (χ2v) is 5.40. The van der Waals surface area contributed by atoms with Gasteiger partial charge in [-0.25, -0.2) is 4.79 Å². The van der Waals surface area contributed by atoms with Gasteiger partial charge in [0.25, 0.3) is 0 Å². The number of halogens is 1. The van der Waals surface area contributed by atoms with Crippen molar-refractivity contribution in [2.45, 2.75) is 39.8 Å². The first-order valence-electron chi connectivity index (χ1n) is 5.54. The second-order valence-electron chi connectivity index (χ2n) is 4.99. The van der Waals surface area contributed by atoms with E-state index >= 15 is 0 Å². The molecule has 1 heterocycles. The van der Waals surface area contributed by atoms with Gasteiger partial charge in [0.1, 0.15) is 17.2 Å². The molecule has 0 atom stereocenters. The maximum absolute atomic E-state index is 11.6. The van der Waals surface area contributed by atoms with Crippen molar-refractivity contribution in [1.29, 1.82) is 0 Å². The molecule has 1 rings (SSSR count). The fraction of sp³-hybridized carbons (Fsp3) is 0.500. The van der Waals surface area contributed by atoms with Gasteiger partial charge in [0, 0.05) is 5.56 Å². The number of hydrogen-bond donors (Lipinski definition) is 1. The third kappa shape index (κ3) is 4.41. The Morgan fingerprint density at radius 2 is 2.17 bits per heavy atom. The summed E-state index contributed by atoms with van der Waals surface area (Å²) < 4.78 is 5.71. The fourth-order valence-electron chi connectivity index (χ4n) is 1.32. The summed E-state index contributed by atoms with van der Waals surface area (Å²) in [6.45, 7) is 7.08. The highest BCUT2D eigenvalue weighted by molar-refractivity contribution is 6.31. The molecule has 6 heteroatoms. The minimum Gasteiger partial charge on any atom is -0.618 e. The van der Waals surface area contributed by atoms with Crippen LogP contribution in [0.2, 0.25) is 5.02 Å². The predicted molar refractivity (Wildman–Crippen MR) is 68.2 cm³/mol. The molecule has 18 heavy (non-hydrogen) atoms. The van der Waals surface area contributed by atoms with E-state index in [2.05, 4.69) is 5.32 Å². The SMILES string of the molecule is Cc1cc(Cl)c(CNC(=O)OC(C)(C)C)[n+]([O-])c1. The van der Waals surface area contributed by atoms with E-state index in [1.165, 1.54) is 6.20 Å². The molecule has 5 nitrogen and oxygen atoms in total. The zero-order valence-corrected chi connectivity index (χ0v) is 11.7. The van der Waals surface area contributed by atoms with Gasteiger partial charge in [0.2, 0.25) is 5.69 Å². The number of carbonyl (C=O) groups is 1. The Bertz CT molecular complexity index is 432. The first-order chi connectivity index (χ1) is 8.19. The molecule has 0 radical (unpaired) electrons. The first-order valence-corrected chi connectivity index (χ1v) is 5.92. The Morgan fingerprint density at radius 3 is 2.67 bits per heavy atom. The average Bonchev–Trinajstić information content (AvgIpc) is 2.12. The molecule has 1 aromatic rings. The van der Waals surface area contributed by atoms with Crippen LogP contribution < -0.4 is 10.0 Å². The Hall–Kier alpha value is -1.49. The lowest BCUT2D eigenvalue weighted by atomic mass is 10.2. The van der Waals surface area contributed by atoms with E-state index in [0.717, 1.165) is 5.56 Å². The van der Waals surface area contributed by atoms with Crippen molar-refractivity contribution < 1.29 is 14.3 Å². The molecule has 0 spiro atoms. The van der Waals surface area contributed by atoms with Gasteiger partial charge in [0.15, 0.2) is 6.20 Å². The maximum atomic E-state index is 11.6. The van der Waals surface area contributed by atoms with E-state index in [9.17, 15) is 10.0 Å². The van der Waals surface area contributed by atoms with Crippen LogP contribution in [0.3, 0.4) is 0 Å². The van der Waals surface area contributed by atoms with Crippen molar-refractivity contribution in [3.05, 3.63) is 33.8 Å². The van der Waals surface area contributed by atoms with Crippen LogP contribution in [-0.4, -0.2) is 11.7 Å². The van der Waals surface area contributed by atoms with Crippen LogP contribution in [0.1, 0.15) is 32.0 Å². The number of amides is 1. The molecule has 100 valence electrons. The summed E-state index contributed by atoms with van der Waals surface area (Å²) in [6.07, 6.45) is 0.817. The van der Waals surface area contributed by atoms with Gasteiger partial charge in [-0.3, -0.25) is 0 Å². The number of nitrogens with zero attached hydrogens (tertiary/aromatic N) is 1. The van der Waals surface area contributed by atoms with Gasteiger partial charge in [-0.2, -0.15) is 4.73 Å². The van der Waals surface area contributed by atoms with Gasteiger partial charge in [0.05, 0.1) is 0 Å². The molecule has 0 bridgehead atoms. The number of aryl methyl sites for hydroxylation is 1. The Kier molecular flexibility index (Phi) is 4.40. The van der Waals surface area contributed by atoms with Gasteiger partial charge in [-0.05, 0) is 33.8 Å². The maximum Gasteiger partial charge on any atom is 0.408 e. The average molecular weight is 273 g/mol. The Morgan fingerprint density at radius 1 is 1.56 bits per heavy atom. The van der Waals surface area contributed by atoms with Crippen LogP contribution in [0.25, 0.3) is 0 Å². The number of rotatable bonds is 2. The summed E-state index contributed by atoms with van der Waals surface area (Å²) in [5.41, 5.74) is 0.471. The van der Waals surface area contributed by atoms with Crippen LogP contribution in [0.4, 0.5) is 4.79 Å². The summed E-state index contributed by atoms with van der Waals surface area (Å²) >= 11 is 5.94. The smallest absolute Gasteiger partial charge is 0.408 e. The molecule has 0 aromatic carbocycles. The molecule has 0 saturated heterocycles. The third-order valence-corrected chi connectivity index (χ3v) is 2.34. The highest BCUT2D eigenvalue weighted by Crippen LogP contribution is 2.13. The normalized spacial score (nSPS) is 11.2. The van der Waals surface area contributed by atoms with Crippen molar-refractivity contribution in [3.8, 4) is 0 Å². The Balaban J connectivity index is 2.67. The minimum absolute atomic E-state index is 0.0253. The summed E-state index contributed by atoms with van der Waals surface area (Å²) in [5, 5.41) is 14.4. The number of hydrogen-bond acceptors (Lipinski definition) is 3. The fourth-order valence-corrected chi connectivity index (χ4v) is 1.64. The van der Waals surface area contributed by atoms with Crippen molar-refractivity contribution in [1.82, 2.24) is 5.32 Å². The molecule has 1 aromatic heterocycles. The topological polar surface area (TPSA) is 65.3 Å². The molecule has 0 aliphatic carbocycles. The first kappa shape index (κ1) is 14.6. The predicted octanol–water partition coefficient (Wildman–Crippen LogP) is 2.31. The lowest BCUT2D eigenvalue weighted by molar-refractivity contribution is -0.614. The van der Waals surface area contributed by atoms with E-state index in [-0.39, 0.29) is 12.2 Å². The summed E-state index contributed by atoms with van der Waals surface area (Å²) in [6, 6.07) is 1.67. The van der Waals surface area contributed by atoms with Crippen LogP contribution in [0, 0.1) is 12.1 Å². The van der Waals surface area contributed by atoms with Crippen molar-refractivity contribution in [3.63, 3.8) is 0 Å². The van der Waals surface area contributed by atoms with Gasteiger partial charge in [-0.15, -0.1) is 0 Å². The van der Waals surface area contributed by atoms with E-state index < -0.39 is 11.7 Å². The van der Waals surface area contributed by atoms with Crippen molar-refractivity contribution in [2.75, 3.05) is 0 Å². The van der Waals surface area contributed by atoms with Gasteiger partial charge < -0.3 is 15.3 Å². The zero-order valence-electron chi connectivity index (χ0n) is 10.9. The molecular weight excluding hydrogens is 256 g/mol. The number of nitrogens with one attached hydrogen (secondary N) is 1. The van der Waals surface area contributed by atoms with Gasteiger partial charge >= 0.3 is 6.09 Å². The number of carbonyl (C=O) groups excluding carboxylic acids is 1. The highest BCUT2D eigenvalue weighted by atomic mass is 35.5. The summed E-state index contributed by atoms with van der Waals surface area (Å²) in [7, 11) is 0. The van der Waals surface area contributed by atoms with Crippen LogP contribution in [0.15, 0.2) is 12.3 Å². The molecule has 0 aliphatic heterocycles. The van der Waals surface area contributed by atoms with Crippen LogP contribution in [-0.2, 0) is 11.3 Å². The molecule has 1 N–H and O–H groups in total. The van der Waals surface area contributed by atoms with Crippen molar-refractivity contribution in [2.24, 2.45) is 0 Å². The van der Waals surface area contributed by atoms with E-state index in [1.807, 2.05) is 0 Å². The lowest BCUT2D eigenvalue weighted by Gasteiger charge is -2.19. The number of aromatic nitrogens is 1. The Labute approximate surface area is 111 Å². The molecule has 0 aliphatic rings. The largest absolute Gasteiger partial charge is 0.618 e. The molecule has 1 amide bonds. The lowest BCUT2D eigenvalue weighted by Crippen LogP contribution is -2.38. The second kappa shape index (κ2) is 5.44. The monoisotopic (exact) mass is 272 g/mol. The number of ether oxygens (including phenoxy) is 1. The summed E-state index contributed by atoms with van der Waals surface area (Å²) in [4.78, 5) is 11.4. The van der Waals surface area contributed by atoms with Gasteiger partial charge in [-0.1, -0.05) is 11.6 Å².